The lowest BCUT2D eigenvalue weighted by Crippen LogP contribution is -2.42. The second-order valence-corrected chi connectivity index (χ2v) is 4.73. The molecule has 6 heteroatoms. The fourth-order valence-corrected chi connectivity index (χ4v) is 1.36. The average molecular weight is 255 g/mol. The third-order valence-corrected chi connectivity index (χ3v) is 2.53. The monoisotopic (exact) mass is 255 g/mol. The molecule has 0 amide bonds. The number of nitrogens with zero attached hydrogens (tertiary/aromatic N) is 1. The second kappa shape index (κ2) is 5.79. The molecule has 0 aliphatic heterocycles. The second-order valence-electron chi connectivity index (χ2n) is 4.73. The van der Waals surface area contributed by atoms with Gasteiger partial charge < -0.3 is 21.4 Å². The summed E-state index contributed by atoms with van der Waals surface area (Å²) < 4.78 is 13.4. The molecule has 0 bridgehead atoms. The Labute approximate surface area is 105 Å². The van der Waals surface area contributed by atoms with Gasteiger partial charge in [0.1, 0.15) is 5.82 Å². The number of benzene rings is 1. The zero-order chi connectivity index (χ0) is 13.8. The summed E-state index contributed by atoms with van der Waals surface area (Å²) in [5.41, 5.74) is 5.92. The first-order valence-electron chi connectivity index (χ1n) is 5.51. The Balaban J connectivity index is 2.87. The molecule has 5 N–H and O–H groups in total. The van der Waals surface area contributed by atoms with Crippen molar-refractivity contribution in [2.75, 3.05) is 6.61 Å². The number of nitrogens with two attached hydrogens (primary N) is 1. The molecular weight excluding hydrogens is 237 g/mol. The molecule has 0 fully saturated rings. The van der Waals surface area contributed by atoms with Crippen molar-refractivity contribution in [3.63, 3.8) is 0 Å². The molecule has 1 aromatic carbocycles. The molecule has 0 saturated carbocycles. The predicted octanol–water partition coefficient (Wildman–Crippen LogP) is 0.781. The maximum atomic E-state index is 13.4. The number of amidine groups is 1. The summed E-state index contributed by atoms with van der Waals surface area (Å²) in [4.78, 5) is 0. The van der Waals surface area contributed by atoms with E-state index in [9.17, 15) is 4.39 Å². The van der Waals surface area contributed by atoms with Gasteiger partial charge in [0.15, 0.2) is 5.84 Å². The number of rotatable bonds is 5. The van der Waals surface area contributed by atoms with Gasteiger partial charge in [0.2, 0.25) is 0 Å². The van der Waals surface area contributed by atoms with Gasteiger partial charge in [0.05, 0.1) is 6.61 Å². The fourth-order valence-electron chi connectivity index (χ4n) is 1.36. The number of halogens is 1. The van der Waals surface area contributed by atoms with Crippen LogP contribution in [-0.2, 0) is 6.54 Å². The molecule has 0 aromatic heterocycles. The van der Waals surface area contributed by atoms with Crippen LogP contribution in [0.1, 0.15) is 25.0 Å². The van der Waals surface area contributed by atoms with Gasteiger partial charge in [-0.1, -0.05) is 5.16 Å². The van der Waals surface area contributed by atoms with Gasteiger partial charge in [-0.3, -0.25) is 0 Å². The molecule has 0 radical (unpaired) electrons. The molecule has 0 atom stereocenters. The van der Waals surface area contributed by atoms with Crippen molar-refractivity contribution in [3.8, 4) is 0 Å². The van der Waals surface area contributed by atoms with Gasteiger partial charge in [-0.25, -0.2) is 4.39 Å². The highest BCUT2D eigenvalue weighted by atomic mass is 19.1. The Bertz CT molecular complexity index is 447. The fraction of sp³-hybridized carbons (Fsp3) is 0.417. The maximum absolute atomic E-state index is 13.4. The van der Waals surface area contributed by atoms with E-state index in [4.69, 9.17) is 16.0 Å². The first-order chi connectivity index (χ1) is 8.38. The van der Waals surface area contributed by atoms with E-state index in [1.165, 1.54) is 12.1 Å². The minimum absolute atomic E-state index is 0.0323. The van der Waals surface area contributed by atoms with E-state index in [-0.39, 0.29) is 12.4 Å². The van der Waals surface area contributed by atoms with Crippen LogP contribution in [0.25, 0.3) is 0 Å². The highest BCUT2D eigenvalue weighted by Gasteiger charge is 2.15. The Morgan fingerprint density at radius 2 is 2.11 bits per heavy atom. The van der Waals surface area contributed by atoms with Crippen molar-refractivity contribution < 1.29 is 14.7 Å². The molecule has 0 saturated heterocycles. The van der Waals surface area contributed by atoms with Gasteiger partial charge in [-0.05, 0) is 37.6 Å². The number of oxime groups is 1. The zero-order valence-electron chi connectivity index (χ0n) is 10.4. The normalized spacial score (nSPS) is 12.8. The quantitative estimate of drug-likeness (QED) is 0.271. The summed E-state index contributed by atoms with van der Waals surface area (Å²) in [7, 11) is 0. The van der Waals surface area contributed by atoms with Crippen molar-refractivity contribution >= 4 is 5.84 Å². The Kier molecular flexibility index (Phi) is 4.63. The van der Waals surface area contributed by atoms with Crippen LogP contribution in [0.4, 0.5) is 4.39 Å². The molecule has 0 aliphatic carbocycles. The standard InChI is InChI=1S/C12H18FN3O2/c1-12(2,7-17)15-6-8-3-9(11(14)16-18)5-10(13)4-8/h3-5,15,17-18H,6-7H2,1-2H3,(H2,14,16). The van der Waals surface area contributed by atoms with Gasteiger partial charge in [-0.2, -0.15) is 0 Å². The van der Waals surface area contributed by atoms with Gasteiger partial charge in [0, 0.05) is 17.6 Å². The number of nitrogens with one attached hydrogen (secondary N) is 1. The minimum atomic E-state index is -0.460. The van der Waals surface area contributed by atoms with Crippen LogP contribution in [-0.4, -0.2) is 28.3 Å². The van der Waals surface area contributed by atoms with Crippen LogP contribution in [0.5, 0.6) is 0 Å². The third-order valence-electron chi connectivity index (χ3n) is 2.53. The number of aliphatic hydroxyl groups excluding tert-OH is 1. The highest BCUT2D eigenvalue weighted by Crippen LogP contribution is 2.11. The van der Waals surface area contributed by atoms with Crippen LogP contribution < -0.4 is 11.1 Å². The summed E-state index contributed by atoms with van der Waals surface area (Å²) in [6.45, 7) is 4.00. The van der Waals surface area contributed by atoms with Crippen molar-refractivity contribution in [3.05, 3.63) is 35.1 Å². The van der Waals surface area contributed by atoms with Crippen molar-refractivity contribution in [2.45, 2.75) is 25.9 Å². The Hall–Kier alpha value is -1.66. The van der Waals surface area contributed by atoms with E-state index < -0.39 is 11.4 Å². The third kappa shape index (κ3) is 3.97. The largest absolute Gasteiger partial charge is 0.409 e. The van der Waals surface area contributed by atoms with Crippen LogP contribution in [0, 0.1) is 5.82 Å². The van der Waals surface area contributed by atoms with Crippen LogP contribution in [0.3, 0.4) is 0 Å². The summed E-state index contributed by atoms with van der Waals surface area (Å²) >= 11 is 0. The molecule has 0 unspecified atom stereocenters. The van der Waals surface area contributed by atoms with Crippen molar-refractivity contribution in [2.24, 2.45) is 10.9 Å². The number of hydrogen-bond acceptors (Lipinski definition) is 4. The first-order valence-corrected chi connectivity index (χ1v) is 5.51. The smallest absolute Gasteiger partial charge is 0.170 e. The molecule has 1 rings (SSSR count). The summed E-state index contributed by atoms with van der Waals surface area (Å²) in [5.74, 6) is -0.602. The van der Waals surface area contributed by atoms with Crippen LogP contribution >= 0.6 is 0 Å². The Morgan fingerprint density at radius 3 is 2.67 bits per heavy atom. The van der Waals surface area contributed by atoms with E-state index in [0.29, 0.717) is 17.7 Å². The number of hydrogen-bond donors (Lipinski definition) is 4. The molecule has 18 heavy (non-hydrogen) atoms. The molecule has 0 heterocycles. The van der Waals surface area contributed by atoms with Gasteiger partial charge in [-0.15, -0.1) is 0 Å². The first kappa shape index (κ1) is 14.4. The van der Waals surface area contributed by atoms with Crippen LogP contribution in [0.2, 0.25) is 0 Å². The maximum Gasteiger partial charge on any atom is 0.170 e. The number of aliphatic hydroxyl groups is 1. The predicted molar refractivity (Wildman–Crippen MR) is 66.9 cm³/mol. The Morgan fingerprint density at radius 1 is 1.44 bits per heavy atom. The highest BCUT2D eigenvalue weighted by molar-refractivity contribution is 5.97. The lowest BCUT2D eigenvalue weighted by Gasteiger charge is -2.23. The topological polar surface area (TPSA) is 90.9 Å². The van der Waals surface area contributed by atoms with Gasteiger partial charge >= 0.3 is 0 Å². The molecule has 0 spiro atoms. The lowest BCUT2D eigenvalue weighted by atomic mass is 10.1. The van der Waals surface area contributed by atoms with E-state index >= 15 is 0 Å². The summed E-state index contributed by atoms with van der Waals surface area (Å²) in [6.07, 6.45) is 0. The van der Waals surface area contributed by atoms with E-state index in [1.54, 1.807) is 6.07 Å². The molecule has 100 valence electrons. The van der Waals surface area contributed by atoms with Crippen LogP contribution in [0.15, 0.2) is 23.4 Å². The van der Waals surface area contributed by atoms with Gasteiger partial charge in [0.25, 0.3) is 0 Å². The molecule has 0 aliphatic rings. The average Bonchev–Trinajstić information content (AvgIpc) is 2.35. The summed E-state index contributed by atoms with van der Waals surface area (Å²) in [5, 5.41) is 23.6. The van der Waals surface area contributed by atoms with Crippen molar-refractivity contribution in [1.29, 1.82) is 0 Å². The SMILES string of the molecule is CC(C)(CO)NCc1cc(F)cc(/C(N)=N/O)c1. The van der Waals surface area contributed by atoms with E-state index in [1.807, 2.05) is 13.8 Å². The summed E-state index contributed by atoms with van der Waals surface area (Å²) in [6, 6.07) is 4.17. The van der Waals surface area contributed by atoms with E-state index in [2.05, 4.69) is 10.5 Å². The zero-order valence-corrected chi connectivity index (χ0v) is 10.4. The molecule has 5 nitrogen and oxygen atoms in total. The molecule has 1 aromatic rings. The van der Waals surface area contributed by atoms with E-state index in [0.717, 1.165) is 0 Å². The lowest BCUT2D eigenvalue weighted by molar-refractivity contribution is 0.187. The van der Waals surface area contributed by atoms with Crippen molar-refractivity contribution in [1.82, 2.24) is 5.32 Å². The minimum Gasteiger partial charge on any atom is -0.409 e. The molecular formula is C12H18FN3O2.